The molecule has 4 nitrogen and oxygen atoms in total. The highest BCUT2D eigenvalue weighted by Gasteiger charge is 2.32. The van der Waals surface area contributed by atoms with E-state index in [4.69, 9.17) is 0 Å². The third kappa shape index (κ3) is 5.87. The quantitative estimate of drug-likeness (QED) is 0.682. The predicted octanol–water partition coefficient (Wildman–Crippen LogP) is 4.22. The summed E-state index contributed by atoms with van der Waals surface area (Å²) >= 11 is 0. The maximum Gasteiger partial charge on any atom is 0.247 e. The molecule has 0 aliphatic carbocycles. The van der Waals surface area contributed by atoms with Crippen LogP contribution in [-0.4, -0.2) is 29.3 Å². The van der Waals surface area contributed by atoms with Gasteiger partial charge in [0.1, 0.15) is 6.04 Å². The van der Waals surface area contributed by atoms with E-state index in [1.165, 1.54) is 19.3 Å². The van der Waals surface area contributed by atoms with Crippen molar-refractivity contribution in [3.63, 3.8) is 0 Å². The van der Waals surface area contributed by atoms with Crippen LogP contribution in [0.1, 0.15) is 76.8 Å². The minimum atomic E-state index is -0.507. The summed E-state index contributed by atoms with van der Waals surface area (Å²) in [6.07, 6.45) is 8.23. The van der Waals surface area contributed by atoms with Gasteiger partial charge in [0, 0.05) is 19.0 Å². The largest absolute Gasteiger partial charge is 0.352 e. The van der Waals surface area contributed by atoms with Gasteiger partial charge in [-0.1, -0.05) is 62.9 Å². The van der Waals surface area contributed by atoms with Crippen LogP contribution >= 0.6 is 0 Å². The zero-order valence-electron chi connectivity index (χ0n) is 15.7. The third-order valence-corrected chi connectivity index (χ3v) is 4.91. The normalized spacial score (nSPS) is 17.2. The van der Waals surface area contributed by atoms with Gasteiger partial charge in [-0.15, -0.1) is 0 Å². The van der Waals surface area contributed by atoms with E-state index < -0.39 is 6.04 Å². The molecule has 1 aromatic carbocycles. The number of unbranched alkanes of at least 4 members (excludes halogenated alkanes) is 3. The fourth-order valence-electron chi connectivity index (χ4n) is 3.48. The SMILES string of the molecule is CCCCCCC(C)NC(=O)C(c1ccccc1)N1CCCCC1=O. The molecular formula is C21H32N2O2. The average molecular weight is 344 g/mol. The first-order chi connectivity index (χ1) is 12.1. The van der Waals surface area contributed by atoms with Gasteiger partial charge in [-0.25, -0.2) is 0 Å². The Morgan fingerprint density at radius 3 is 2.60 bits per heavy atom. The Bertz CT molecular complexity index is 544. The second-order valence-electron chi connectivity index (χ2n) is 7.12. The van der Waals surface area contributed by atoms with Crippen molar-refractivity contribution in [3.05, 3.63) is 35.9 Å². The van der Waals surface area contributed by atoms with Gasteiger partial charge in [-0.2, -0.15) is 0 Å². The molecular weight excluding hydrogens is 312 g/mol. The van der Waals surface area contributed by atoms with Crippen LogP contribution in [-0.2, 0) is 9.59 Å². The van der Waals surface area contributed by atoms with Crippen molar-refractivity contribution >= 4 is 11.8 Å². The highest BCUT2D eigenvalue weighted by atomic mass is 16.2. The van der Waals surface area contributed by atoms with Gasteiger partial charge < -0.3 is 10.2 Å². The molecule has 1 saturated heterocycles. The molecule has 1 aromatic rings. The van der Waals surface area contributed by atoms with Crippen LogP contribution in [0.25, 0.3) is 0 Å². The smallest absolute Gasteiger partial charge is 0.247 e. The van der Waals surface area contributed by atoms with Gasteiger partial charge in [0.05, 0.1) is 0 Å². The molecule has 0 saturated carbocycles. The molecule has 0 spiro atoms. The number of likely N-dealkylation sites (tertiary alicyclic amines) is 1. The molecule has 2 amide bonds. The Hall–Kier alpha value is -1.84. The van der Waals surface area contributed by atoms with Crippen LogP contribution in [0.4, 0.5) is 0 Å². The second kappa shape index (κ2) is 10.2. The summed E-state index contributed by atoms with van der Waals surface area (Å²) in [7, 11) is 0. The number of nitrogens with one attached hydrogen (secondary N) is 1. The van der Waals surface area contributed by atoms with E-state index in [-0.39, 0.29) is 17.9 Å². The number of hydrogen-bond donors (Lipinski definition) is 1. The van der Waals surface area contributed by atoms with Gasteiger partial charge in [0.15, 0.2) is 0 Å². The second-order valence-corrected chi connectivity index (χ2v) is 7.12. The van der Waals surface area contributed by atoms with E-state index in [1.807, 2.05) is 30.3 Å². The zero-order chi connectivity index (χ0) is 18.1. The van der Waals surface area contributed by atoms with Crippen LogP contribution < -0.4 is 5.32 Å². The number of nitrogens with zero attached hydrogens (tertiary/aromatic N) is 1. The van der Waals surface area contributed by atoms with Crippen molar-refractivity contribution in [2.45, 2.75) is 77.3 Å². The lowest BCUT2D eigenvalue weighted by Crippen LogP contribution is -2.47. The van der Waals surface area contributed by atoms with Crippen molar-refractivity contribution in [3.8, 4) is 0 Å². The Kier molecular flexibility index (Phi) is 7.96. The molecule has 2 atom stereocenters. The predicted molar refractivity (Wildman–Crippen MR) is 101 cm³/mol. The summed E-state index contributed by atoms with van der Waals surface area (Å²) in [4.78, 5) is 27.1. The van der Waals surface area contributed by atoms with E-state index in [0.717, 1.165) is 31.2 Å². The highest BCUT2D eigenvalue weighted by Crippen LogP contribution is 2.26. The number of rotatable bonds is 9. The summed E-state index contributed by atoms with van der Waals surface area (Å²) < 4.78 is 0. The summed E-state index contributed by atoms with van der Waals surface area (Å²) in [5.74, 6) is 0.0373. The Balaban J connectivity index is 2.04. The topological polar surface area (TPSA) is 49.4 Å². The molecule has 2 rings (SSSR count). The first kappa shape index (κ1) is 19.5. The fraction of sp³-hybridized carbons (Fsp3) is 0.619. The van der Waals surface area contributed by atoms with Crippen LogP contribution in [0.15, 0.2) is 30.3 Å². The standard InChI is InChI=1S/C21H32N2O2/c1-3-4-5-7-12-17(2)22-21(25)20(18-13-8-6-9-14-18)23-16-11-10-15-19(23)24/h6,8-9,13-14,17,20H,3-5,7,10-12,15-16H2,1-2H3,(H,22,25). The van der Waals surface area contributed by atoms with E-state index in [9.17, 15) is 9.59 Å². The minimum Gasteiger partial charge on any atom is -0.352 e. The van der Waals surface area contributed by atoms with Crippen molar-refractivity contribution in [1.82, 2.24) is 10.2 Å². The molecule has 1 N–H and O–H groups in total. The van der Waals surface area contributed by atoms with Crippen LogP contribution in [0.5, 0.6) is 0 Å². The van der Waals surface area contributed by atoms with Gasteiger partial charge in [-0.3, -0.25) is 9.59 Å². The summed E-state index contributed by atoms with van der Waals surface area (Å²) in [5, 5.41) is 3.14. The molecule has 1 aliphatic rings. The molecule has 1 fully saturated rings. The summed E-state index contributed by atoms with van der Waals surface area (Å²) in [6, 6.07) is 9.31. The van der Waals surface area contributed by atoms with Crippen LogP contribution in [0, 0.1) is 0 Å². The highest BCUT2D eigenvalue weighted by molar-refractivity contribution is 5.89. The Labute approximate surface area is 152 Å². The molecule has 4 heteroatoms. The van der Waals surface area contributed by atoms with Crippen molar-refractivity contribution in [2.75, 3.05) is 6.54 Å². The fourth-order valence-corrected chi connectivity index (χ4v) is 3.48. The molecule has 0 bridgehead atoms. The molecule has 25 heavy (non-hydrogen) atoms. The van der Waals surface area contributed by atoms with E-state index >= 15 is 0 Å². The van der Waals surface area contributed by atoms with Crippen LogP contribution in [0.3, 0.4) is 0 Å². The first-order valence-corrected chi connectivity index (χ1v) is 9.78. The summed E-state index contributed by atoms with van der Waals surface area (Å²) in [5.41, 5.74) is 0.897. The first-order valence-electron chi connectivity index (χ1n) is 9.78. The number of carbonyl (C=O) groups excluding carboxylic acids is 2. The molecule has 1 heterocycles. The third-order valence-electron chi connectivity index (χ3n) is 4.91. The van der Waals surface area contributed by atoms with Gasteiger partial charge in [-0.05, 0) is 31.7 Å². The van der Waals surface area contributed by atoms with Crippen molar-refractivity contribution in [1.29, 1.82) is 0 Å². The van der Waals surface area contributed by atoms with E-state index in [1.54, 1.807) is 4.90 Å². The maximum atomic E-state index is 13.0. The van der Waals surface area contributed by atoms with E-state index in [0.29, 0.717) is 13.0 Å². The molecule has 1 aliphatic heterocycles. The lowest BCUT2D eigenvalue weighted by atomic mass is 9.99. The van der Waals surface area contributed by atoms with Crippen LogP contribution in [0.2, 0.25) is 0 Å². The monoisotopic (exact) mass is 344 g/mol. The maximum absolute atomic E-state index is 13.0. The summed E-state index contributed by atoms with van der Waals surface area (Å²) in [6.45, 7) is 4.92. The number of piperidine rings is 1. The van der Waals surface area contributed by atoms with Crippen molar-refractivity contribution in [2.24, 2.45) is 0 Å². The van der Waals surface area contributed by atoms with Gasteiger partial charge in [0.2, 0.25) is 11.8 Å². The van der Waals surface area contributed by atoms with Gasteiger partial charge >= 0.3 is 0 Å². The molecule has 138 valence electrons. The molecule has 0 aromatic heterocycles. The lowest BCUT2D eigenvalue weighted by molar-refractivity contribution is -0.143. The zero-order valence-corrected chi connectivity index (χ0v) is 15.7. The minimum absolute atomic E-state index is 0.0514. The number of hydrogen-bond acceptors (Lipinski definition) is 2. The van der Waals surface area contributed by atoms with Crippen molar-refractivity contribution < 1.29 is 9.59 Å². The molecule has 0 radical (unpaired) electrons. The number of carbonyl (C=O) groups is 2. The Morgan fingerprint density at radius 1 is 1.16 bits per heavy atom. The Morgan fingerprint density at radius 2 is 1.92 bits per heavy atom. The number of benzene rings is 1. The van der Waals surface area contributed by atoms with Gasteiger partial charge in [0.25, 0.3) is 0 Å². The average Bonchev–Trinajstić information content (AvgIpc) is 2.61. The van der Waals surface area contributed by atoms with E-state index in [2.05, 4.69) is 19.2 Å². The lowest BCUT2D eigenvalue weighted by Gasteiger charge is -2.34. The number of amides is 2. The molecule has 2 unspecified atom stereocenters.